The third-order valence-electron chi connectivity index (χ3n) is 3.87. The summed E-state index contributed by atoms with van der Waals surface area (Å²) in [6.07, 6.45) is 0. The minimum Gasteiger partial charge on any atom is -0.477 e. The molecule has 1 N–H and O–H groups in total. The molecule has 0 aliphatic rings. The topological polar surface area (TPSA) is 87.8 Å². The summed E-state index contributed by atoms with van der Waals surface area (Å²) in [4.78, 5) is 36.7. The molecule has 0 aliphatic carbocycles. The van der Waals surface area contributed by atoms with Crippen LogP contribution in [0.2, 0.25) is 0 Å². The maximum atomic E-state index is 12.3. The van der Waals surface area contributed by atoms with E-state index < -0.39 is 17.2 Å². The van der Waals surface area contributed by atoms with Crippen LogP contribution < -0.4 is 10.5 Å². The van der Waals surface area contributed by atoms with Crippen molar-refractivity contribution in [2.75, 3.05) is 18.5 Å². The number of carboxylic acid groups (broad SMARTS) is 1. The van der Waals surface area contributed by atoms with Gasteiger partial charge in [0.05, 0.1) is 6.54 Å². The van der Waals surface area contributed by atoms with Crippen molar-refractivity contribution < 1.29 is 19.1 Å². The average Bonchev–Trinajstić information content (AvgIpc) is 2.61. The quantitative estimate of drug-likeness (QED) is 0.569. The van der Waals surface area contributed by atoms with E-state index in [0.29, 0.717) is 16.6 Å². The van der Waals surface area contributed by atoms with Crippen LogP contribution in [0.3, 0.4) is 0 Å². The molecule has 3 aromatic rings. The van der Waals surface area contributed by atoms with Gasteiger partial charge < -0.3 is 14.4 Å². The zero-order chi connectivity index (χ0) is 18.0. The standard InChI is InChI=1S/C19H15NO5/c1-20(11-16(21)12-5-3-2-4-6-12)14-8-7-13-9-15(18(22)23)19(24)25-17(13)10-14/h2-10H,11H2,1H3,(H,22,23). The Labute approximate surface area is 142 Å². The van der Waals surface area contributed by atoms with Crippen LogP contribution in [-0.4, -0.2) is 30.5 Å². The Morgan fingerprint density at radius 2 is 1.80 bits per heavy atom. The second kappa shape index (κ2) is 6.60. The van der Waals surface area contributed by atoms with Gasteiger partial charge in [-0.3, -0.25) is 4.79 Å². The maximum Gasteiger partial charge on any atom is 0.351 e. The van der Waals surface area contributed by atoms with E-state index in [4.69, 9.17) is 9.52 Å². The highest BCUT2D eigenvalue weighted by Gasteiger charge is 2.14. The lowest BCUT2D eigenvalue weighted by molar-refractivity contribution is 0.0692. The molecule has 1 aromatic heterocycles. The monoisotopic (exact) mass is 337 g/mol. The van der Waals surface area contributed by atoms with Gasteiger partial charge in [-0.05, 0) is 18.2 Å². The average molecular weight is 337 g/mol. The first kappa shape index (κ1) is 16.4. The molecular weight excluding hydrogens is 322 g/mol. The van der Waals surface area contributed by atoms with Crippen molar-refractivity contribution in [3.05, 3.63) is 76.1 Å². The van der Waals surface area contributed by atoms with Crippen LogP contribution in [0.5, 0.6) is 0 Å². The fourth-order valence-electron chi connectivity index (χ4n) is 2.51. The van der Waals surface area contributed by atoms with Gasteiger partial charge in [0, 0.05) is 29.8 Å². The van der Waals surface area contributed by atoms with Crippen molar-refractivity contribution in [1.29, 1.82) is 0 Å². The minimum absolute atomic E-state index is 0.0362. The van der Waals surface area contributed by atoms with Gasteiger partial charge in [-0.1, -0.05) is 30.3 Å². The van der Waals surface area contributed by atoms with E-state index in [1.165, 1.54) is 6.07 Å². The number of anilines is 1. The summed E-state index contributed by atoms with van der Waals surface area (Å²) in [5.74, 6) is -1.36. The fourth-order valence-corrected chi connectivity index (χ4v) is 2.51. The number of fused-ring (bicyclic) bond motifs is 1. The van der Waals surface area contributed by atoms with Crippen LogP contribution in [-0.2, 0) is 0 Å². The van der Waals surface area contributed by atoms with Gasteiger partial charge in [0.2, 0.25) is 0 Å². The number of carbonyl (C=O) groups is 2. The molecule has 0 aliphatic heterocycles. The largest absolute Gasteiger partial charge is 0.477 e. The van der Waals surface area contributed by atoms with E-state index in [9.17, 15) is 14.4 Å². The number of ketones is 1. The number of Topliss-reactive ketones (excluding diaryl/α,β-unsaturated/α-hetero) is 1. The lowest BCUT2D eigenvalue weighted by atomic mass is 10.1. The molecule has 0 saturated carbocycles. The Morgan fingerprint density at radius 1 is 1.08 bits per heavy atom. The first-order valence-electron chi connectivity index (χ1n) is 7.56. The first-order chi connectivity index (χ1) is 12.0. The molecule has 0 radical (unpaired) electrons. The third kappa shape index (κ3) is 3.42. The minimum atomic E-state index is -1.33. The van der Waals surface area contributed by atoms with E-state index in [1.807, 2.05) is 6.07 Å². The van der Waals surface area contributed by atoms with Crippen LogP contribution in [0.15, 0.2) is 63.8 Å². The summed E-state index contributed by atoms with van der Waals surface area (Å²) >= 11 is 0. The number of carbonyl (C=O) groups excluding carboxylic acids is 1. The molecule has 6 nitrogen and oxygen atoms in total. The summed E-state index contributed by atoms with van der Waals surface area (Å²) in [5, 5.41) is 9.47. The smallest absolute Gasteiger partial charge is 0.351 e. The Kier molecular flexibility index (Phi) is 4.35. The zero-order valence-corrected chi connectivity index (χ0v) is 13.4. The van der Waals surface area contributed by atoms with E-state index in [0.717, 1.165) is 0 Å². The summed E-state index contributed by atoms with van der Waals surface area (Å²) in [6.45, 7) is 0.160. The highest BCUT2D eigenvalue weighted by Crippen LogP contribution is 2.21. The molecule has 1 heterocycles. The lowest BCUT2D eigenvalue weighted by Crippen LogP contribution is -2.25. The highest BCUT2D eigenvalue weighted by molar-refractivity contribution is 5.99. The number of hydrogen-bond donors (Lipinski definition) is 1. The molecule has 0 unspecified atom stereocenters. The number of hydrogen-bond acceptors (Lipinski definition) is 5. The summed E-state index contributed by atoms with van der Waals surface area (Å²) < 4.78 is 5.09. The number of likely N-dealkylation sites (N-methyl/N-ethyl adjacent to an activating group) is 1. The van der Waals surface area contributed by atoms with Crippen LogP contribution in [0.1, 0.15) is 20.7 Å². The molecule has 0 fully saturated rings. The van der Waals surface area contributed by atoms with Crippen molar-refractivity contribution in [3.8, 4) is 0 Å². The molecule has 126 valence electrons. The van der Waals surface area contributed by atoms with E-state index in [1.54, 1.807) is 54.4 Å². The SMILES string of the molecule is CN(CC(=O)c1ccccc1)c1ccc2cc(C(=O)O)c(=O)oc2c1. The predicted molar refractivity (Wildman–Crippen MR) is 93.5 cm³/mol. The third-order valence-corrected chi connectivity index (χ3v) is 3.87. The summed E-state index contributed by atoms with van der Waals surface area (Å²) in [6, 6.07) is 15.2. The Balaban J connectivity index is 1.88. The molecule has 0 bridgehead atoms. The Hall–Kier alpha value is -3.41. The van der Waals surface area contributed by atoms with Crippen molar-refractivity contribution >= 4 is 28.4 Å². The molecule has 2 aromatic carbocycles. The van der Waals surface area contributed by atoms with E-state index in [2.05, 4.69) is 0 Å². The Morgan fingerprint density at radius 3 is 2.48 bits per heavy atom. The van der Waals surface area contributed by atoms with Crippen LogP contribution in [0, 0.1) is 0 Å². The summed E-state index contributed by atoms with van der Waals surface area (Å²) in [5.41, 5.74) is 0.260. The van der Waals surface area contributed by atoms with Crippen molar-refractivity contribution in [1.82, 2.24) is 0 Å². The van der Waals surface area contributed by atoms with Crippen LogP contribution in [0.25, 0.3) is 11.0 Å². The number of carboxylic acids is 1. The van der Waals surface area contributed by atoms with Gasteiger partial charge in [-0.2, -0.15) is 0 Å². The summed E-state index contributed by atoms with van der Waals surface area (Å²) in [7, 11) is 1.76. The van der Waals surface area contributed by atoms with E-state index in [-0.39, 0.29) is 17.9 Å². The number of aromatic carboxylic acids is 1. The fraction of sp³-hybridized carbons (Fsp3) is 0.105. The maximum absolute atomic E-state index is 12.3. The second-order valence-corrected chi connectivity index (χ2v) is 5.62. The number of nitrogens with zero attached hydrogens (tertiary/aromatic N) is 1. The molecule has 0 spiro atoms. The van der Waals surface area contributed by atoms with Gasteiger partial charge in [0.15, 0.2) is 5.78 Å². The zero-order valence-electron chi connectivity index (χ0n) is 13.4. The normalized spacial score (nSPS) is 10.6. The molecule has 0 amide bonds. The van der Waals surface area contributed by atoms with Gasteiger partial charge in [-0.25, -0.2) is 9.59 Å². The molecular formula is C19H15NO5. The van der Waals surface area contributed by atoms with Gasteiger partial charge in [0.25, 0.3) is 0 Å². The van der Waals surface area contributed by atoms with Crippen LogP contribution >= 0.6 is 0 Å². The van der Waals surface area contributed by atoms with Gasteiger partial charge in [-0.15, -0.1) is 0 Å². The molecule has 25 heavy (non-hydrogen) atoms. The lowest BCUT2D eigenvalue weighted by Gasteiger charge is -2.18. The molecule has 0 atom stereocenters. The van der Waals surface area contributed by atoms with E-state index >= 15 is 0 Å². The Bertz CT molecular complexity index is 1010. The van der Waals surface area contributed by atoms with Crippen molar-refractivity contribution in [2.45, 2.75) is 0 Å². The number of benzene rings is 2. The second-order valence-electron chi connectivity index (χ2n) is 5.62. The molecule has 6 heteroatoms. The highest BCUT2D eigenvalue weighted by atomic mass is 16.4. The van der Waals surface area contributed by atoms with Crippen molar-refractivity contribution in [3.63, 3.8) is 0 Å². The van der Waals surface area contributed by atoms with Crippen molar-refractivity contribution in [2.24, 2.45) is 0 Å². The molecule has 3 rings (SSSR count). The molecule has 0 saturated heterocycles. The predicted octanol–water partition coefficient (Wildman–Crippen LogP) is 2.81. The first-order valence-corrected chi connectivity index (χ1v) is 7.56. The number of rotatable bonds is 5. The van der Waals surface area contributed by atoms with Crippen LogP contribution in [0.4, 0.5) is 5.69 Å². The van der Waals surface area contributed by atoms with Gasteiger partial charge >= 0.3 is 11.6 Å². The van der Waals surface area contributed by atoms with Gasteiger partial charge in [0.1, 0.15) is 11.1 Å².